The van der Waals surface area contributed by atoms with Crippen LogP contribution in [0.4, 0.5) is 5.82 Å². The Kier molecular flexibility index (Phi) is 5.01. The third-order valence-corrected chi connectivity index (χ3v) is 4.07. The van der Waals surface area contributed by atoms with Crippen LogP contribution >= 0.6 is 15.9 Å². The number of rotatable bonds is 5. The molecular formula is C16H19BrN2O. The summed E-state index contributed by atoms with van der Waals surface area (Å²) in [6.07, 6.45) is 1.02. The number of pyridine rings is 1. The van der Waals surface area contributed by atoms with Crippen LogP contribution < -0.4 is 10.1 Å². The van der Waals surface area contributed by atoms with Crippen molar-refractivity contribution >= 4 is 21.7 Å². The van der Waals surface area contributed by atoms with E-state index < -0.39 is 0 Å². The average Bonchev–Trinajstić information content (AvgIpc) is 2.48. The molecule has 0 spiro atoms. The van der Waals surface area contributed by atoms with Crippen LogP contribution in [0.25, 0.3) is 0 Å². The number of nitrogens with zero attached hydrogens (tertiary/aromatic N) is 1. The zero-order valence-electron chi connectivity index (χ0n) is 12.0. The van der Waals surface area contributed by atoms with Crippen LogP contribution in [0.2, 0.25) is 0 Å². The lowest BCUT2D eigenvalue weighted by Crippen LogP contribution is -2.04. The number of nitrogens with one attached hydrogen (secondary N) is 1. The SMILES string of the molecule is CCc1ccc(OC)c(CNc2ccc(Br)c(C)n2)c1. The lowest BCUT2D eigenvalue weighted by Gasteiger charge is -2.12. The molecule has 2 rings (SSSR count). The maximum Gasteiger partial charge on any atom is 0.126 e. The van der Waals surface area contributed by atoms with Gasteiger partial charge in [-0.05, 0) is 53.0 Å². The minimum atomic E-state index is 0.699. The fraction of sp³-hybridized carbons (Fsp3) is 0.312. The Labute approximate surface area is 128 Å². The number of ether oxygens (including phenoxy) is 1. The molecule has 0 amide bonds. The molecule has 2 aromatic rings. The van der Waals surface area contributed by atoms with Gasteiger partial charge in [-0.2, -0.15) is 0 Å². The van der Waals surface area contributed by atoms with E-state index in [-0.39, 0.29) is 0 Å². The summed E-state index contributed by atoms with van der Waals surface area (Å²) >= 11 is 3.46. The van der Waals surface area contributed by atoms with Crippen LogP contribution in [0, 0.1) is 6.92 Å². The molecule has 1 aromatic heterocycles. The molecule has 20 heavy (non-hydrogen) atoms. The van der Waals surface area contributed by atoms with Crippen molar-refractivity contribution in [3.8, 4) is 5.75 Å². The Balaban J connectivity index is 2.15. The van der Waals surface area contributed by atoms with Gasteiger partial charge in [0.2, 0.25) is 0 Å². The molecule has 3 nitrogen and oxygen atoms in total. The van der Waals surface area contributed by atoms with E-state index in [1.807, 2.05) is 25.1 Å². The standard InChI is InChI=1S/C16H19BrN2O/c1-4-12-5-7-15(20-3)13(9-12)10-18-16-8-6-14(17)11(2)19-16/h5-9H,4,10H2,1-3H3,(H,18,19). The molecule has 0 unspecified atom stereocenters. The summed E-state index contributed by atoms with van der Waals surface area (Å²) < 4.78 is 6.43. The summed E-state index contributed by atoms with van der Waals surface area (Å²) in [4.78, 5) is 4.49. The third-order valence-electron chi connectivity index (χ3n) is 3.23. The highest BCUT2D eigenvalue weighted by Gasteiger charge is 2.05. The number of benzene rings is 1. The average molecular weight is 335 g/mol. The van der Waals surface area contributed by atoms with Crippen molar-refractivity contribution in [3.05, 3.63) is 51.6 Å². The smallest absolute Gasteiger partial charge is 0.126 e. The van der Waals surface area contributed by atoms with Crippen LogP contribution in [0.3, 0.4) is 0 Å². The van der Waals surface area contributed by atoms with Crippen molar-refractivity contribution in [2.24, 2.45) is 0 Å². The van der Waals surface area contributed by atoms with Crippen molar-refractivity contribution in [1.82, 2.24) is 4.98 Å². The fourth-order valence-corrected chi connectivity index (χ4v) is 2.24. The predicted octanol–water partition coefficient (Wildman–Crippen LogP) is 4.34. The van der Waals surface area contributed by atoms with Crippen LogP contribution in [-0.4, -0.2) is 12.1 Å². The molecule has 0 saturated heterocycles. The molecule has 4 heteroatoms. The zero-order chi connectivity index (χ0) is 14.5. The largest absolute Gasteiger partial charge is 0.496 e. The van der Waals surface area contributed by atoms with Gasteiger partial charge in [0.25, 0.3) is 0 Å². The second-order valence-corrected chi connectivity index (χ2v) is 5.47. The molecule has 0 fully saturated rings. The summed E-state index contributed by atoms with van der Waals surface area (Å²) in [5.41, 5.74) is 3.43. The monoisotopic (exact) mass is 334 g/mol. The molecule has 1 N–H and O–H groups in total. The molecule has 0 atom stereocenters. The molecule has 106 valence electrons. The molecule has 0 aliphatic rings. The Morgan fingerprint density at radius 2 is 2.05 bits per heavy atom. The van der Waals surface area contributed by atoms with Crippen LogP contribution in [0.1, 0.15) is 23.7 Å². The maximum atomic E-state index is 5.41. The lowest BCUT2D eigenvalue weighted by molar-refractivity contribution is 0.410. The molecular weight excluding hydrogens is 316 g/mol. The molecule has 0 aliphatic carbocycles. The van der Waals surface area contributed by atoms with E-state index in [2.05, 4.69) is 45.3 Å². The molecule has 0 saturated carbocycles. The minimum absolute atomic E-state index is 0.699. The van der Waals surface area contributed by atoms with Crippen molar-refractivity contribution in [3.63, 3.8) is 0 Å². The summed E-state index contributed by atoms with van der Waals surface area (Å²) in [5, 5.41) is 3.34. The molecule has 1 aromatic carbocycles. The van der Waals surface area contributed by atoms with E-state index in [9.17, 15) is 0 Å². The van der Waals surface area contributed by atoms with E-state index in [4.69, 9.17) is 4.74 Å². The van der Waals surface area contributed by atoms with Gasteiger partial charge in [0, 0.05) is 16.6 Å². The maximum absolute atomic E-state index is 5.41. The van der Waals surface area contributed by atoms with E-state index in [1.165, 1.54) is 5.56 Å². The predicted molar refractivity (Wildman–Crippen MR) is 86.4 cm³/mol. The summed E-state index contributed by atoms with van der Waals surface area (Å²) in [5.74, 6) is 1.78. The first-order chi connectivity index (χ1) is 9.63. The van der Waals surface area contributed by atoms with Crippen molar-refractivity contribution < 1.29 is 4.74 Å². The first kappa shape index (κ1) is 14.9. The van der Waals surface area contributed by atoms with Crippen LogP contribution in [-0.2, 0) is 13.0 Å². The zero-order valence-corrected chi connectivity index (χ0v) is 13.6. The Morgan fingerprint density at radius 3 is 2.70 bits per heavy atom. The van der Waals surface area contributed by atoms with Gasteiger partial charge in [0.1, 0.15) is 11.6 Å². The van der Waals surface area contributed by atoms with E-state index >= 15 is 0 Å². The number of halogens is 1. The minimum Gasteiger partial charge on any atom is -0.496 e. The number of hydrogen-bond donors (Lipinski definition) is 1. The normalized spacial score (nSPS) is 10.4. The summed E-state index contributed by atoms with van der Waals surface area (Å²) in [6.45, 7) is 4.83. The number of methoxy groups -OCH3 is 1. The first-order valence-electron chi connectivity index (χ1n) is 6.67. The van der Waals surface area contributed by atoms with Gasteiger partial charge in [0.15, 0.2) is 0 Å². The van der Waals surface area contributed by atoms with Crippen LogP contribution in [0.15, 0.2) is 34.8 Å². The number of anilines is 1. The quantitative estimate of drug-likeness (QED) is 0.883. The highest BCUT2D eigenvalue weighted by molar-refractivity contribution is 9.10. The number of aromatic nitrogens is 1. The molecule has 0 bridgehead atoms. The van der Waals surface area contributed by atoms with Crippen LogP contribution in [0.5, 0.6) is 5.75 Å². The van der Waals surface area contributed by atoms with Crippen molar-refractivity contribution in [2.75, 3.05) is 12.4 Å². The van der Waals surface area contributed by atoms with Crippen molar-refractivity contribution in [1.29, 1.82) is 0 Å². The molecule has 0 aliphatic heterocycles. The highest BCUT2D eigenvalue weighted by Crippen LogP contribution is 2.22. The number of hydrogen-bond acceptors (Lipinski definition) is 3. The number of aryl methyl sites for hydroxylation is 2. The Hall–Kier alpha value is -1.55. The van der Waals surface area contributed by atoms with Gasteiger partial charge in [0.05, 0.1) is 12.8 Å². The van der Waals surface area contributed by atoms with Crippen molar-refractivity contribution in [2.45, 2.75) is 26.8 Å². The molecule has 1 heterocycles. The topological polar surface area (TPSA) is 34.1 Å². The first-order valence-corrected chi connectivity index (χ1v) is 7.46. The summed E-state index contributed by atoms with van der Waals surface area (Å²) in [6, 6.07) is 10.3. The highest BCUT2D eigenvalue weighted by atomic mass is 79.9. The fourth-order valence-electron chi connectivity index (χ4n) is 2.02. The third kappa shape index (κ3) is 3.51. The van der Waals surface area contributed by atoms with E-state index in [0.717, 1.165) is 33.7 Å². The Morgan fingerprint density at radius 1 is 1.25 bits per heavy atom. The summed E-state index contributed by atoms with van der Waals surface area (Å²) in [7, 11) is 1.70. The van der Waals surface area contributed by atoms with Gasteiger partial charge < -0.3 is 10.1 Å². The second-order valence-electron chi connectivity index (χ2n) is 4.62. The van der Waals surface area contributed by atoms with Gasteiger partial charge in [-0.25, -0.2) is 4.98 Å². The lowest BCUT2D eigenvalue weighted by atomic mass is 10.1. The molecule has 0 radical (unpaired) electrons. The van der Waals surface area contributed by atoms with Gasteiger partial charge in [-0.15, -0.1) is 0 Å². The van der Waals surface area contributed by atoms with E-state index in [0.29, 0.717) is 6.54 Å². The van der Waals surface area contributed by atoms with Gasteiger partial charge in [-0.3, -0.25) is 0 Å². The van der Waals surface area contributed by atoms with Gasteiger partial charge in [-0.1, -0.05) is 19.1 Å². The van der Waals surface area contributed by atoms with E-state index in [1.54, 1.807) is 7.11 Å². The van der Waals surface area contributed by atoms with Gasteiger partial charge >= 0.3 is 0 Å². The second kappa shape index (κ2) is 6.75. The Bertz CT molecular complexity index is 599.